The minimum atomic E-state index is -1.66. The van der Waals surface area contributed by atoms with Crippen molar-refractivity contribution in [3.63, 3.8) is 0 Å². The first-order valence-electron chi connectivity index (χ1n) is 8.04. The molecule has 0 radical (unpaired) electrons. The summed E-state index contributed by atoms with van der Waals surface area (Å²) < 4.78 is 41.7. The molecule has 3 aromatic carbocycles. The Bertz CT molecular complexity index is 1090. The van der Waals surface area contributed by atoms with Gasteiger partial charge in [-0.15, -0.1) is 0 Å². The van der Waals surface area contributed by atoms with E-state index in [9.17, 15) is 13.2 Å². The minimum absolute atomic E-state index is 0.116. The largest absolute Gasteiger partial charge is 0.383 e. The van der Waals surface area contributed by atoms with Gasteiger partial charge in [0, 0.05) is 24.2 Å². The second-order valence-corrected chi connectivity index (χ2v) is 5.67. The molecule has 0 amide bonds. The minimum Gasteiger partial charge on any atom is -0.383 e. The van der Waals surface area contributed by atoms with Gasteiger partial charge in [-0.3, -0.25) is 0 Å². The number of nitrogens with zero attached hydrogens (tertiary/aromatic N) is 2. The number of halogens is 3. The molecule has 0 saturated heterocycles. The van der Waals surface area contributed by atoms with E-state index in [0.29, 0.717) is 6.54 Å². The molecule has 0 bridgehead atoms. The maximum Gasteiger partial charge on any atom is 0.181 e. The molecule has 0 heterocycles. The zero-order valence-electron chi connectivity index (χ0n) is 14.0. The highest BCUT2D eigenvalue weighted by atomic mass is 19.2. The van der Waals surface area contributed by atoms with Crippen LogP contribution in [0.15, 0.2) is 42.5 Å². The standard InChI is InChI=1S/C20H13F3N4/c21-17-14(10-24)19(23)20(15(11-25)18(17)22)27-9-8-26-16-7-3-5-12-4-1-2-6-13(12)16/h1-7,26-27H,8-9H2. The Hall–Kier alpha value is -3.71. The van der Waals surface area contributed by atoms with Gasteiger partial charge in [0.1, 0.15) is 23.3 Å². The Morgan fingerprint density at radius 3 is 2.11 bits per heavy atom. The molecule has 2 N–H and O–H groups in total. The predicted octanol–water partition coefficient (Wildman–Crippen LogP) is 4.52. The van der Waals surface area contributed by atoms with Gasteiger partial charge in [-0.1, -0.05) is 36.4 Å². The van der Waals surface area contributed by atoms with E-state index in [-0.39, 0.29) is 6.54 Å². The van der Waals surface area contributed by atoms with Crippen molar-refractivity contribution in [1.29, 1.82) is 10.5 Å². The van der Waals surface area contributed by atoms with Crippen molar-refractivity contribution >= 4 is 22.1 Å². The highest BCUT2D eigenvalue weighted by Gasteiger charge is 2.24. The number of nitrogens with one attached hydrogen (secondary N) is 2. The summed E-state index contributed by atoms with van der Waals surface area (Å²) in [4.78, 5) is 0. The second-order valence-electron chi connectivity index (χ2n) is 5.67. The van der Waals surface area contributed by atoms with Crippen LogP contribution in [0, 0.1) is 40.1 Å². The fraction of sp³-hybridized carbons (Fsp3) is 0.100. The van der Waals surface area contributed by atoms with Crippen molar-refractivity contribution < 1.29 is 13.2 Å². The van der Waals surface area contributed by atoms with E-state index in [0.717, 1.165) is 16.5 Å². The number of fused-ring (bicyclic) bond motifs is 1. The van der Waals surface area contributed by atoms with Crippen LogP contribution in [0.3, 0.4) is 0 Å². The molecule has 0 atom stereocenters. The number of anilines is 2. The molecule has 0 unspecified atom stereocenters. The Balaban J connectivity index is 1.77. The molecular formula is C20H13F3N4. The van der Waals surface area contributed by atoms with E-state index >= 15 is 0 Å². The zero-order valence-corrected chi connectivity index (χ0v) is 14.0. The van der Waals surface area contributed by atoms with Crippen LogP contribution in [0.1, 0.15) is 11.1 Å². The van der Waals surface area contributed by atoms with Gasteiger partial charge in [0.15, 0.2) is 17.5 Å². The van der Waals surface area contributed by atoms with Gasteiger partial charge in [-0.2, -0.15) is 10.5 Å². The van der Waals surface area contributed by atoms with Crippen molar-refractivity contribution in [1.82, 2.24) is 0 Å². The molecule has 0 saturated carbocycles. The molecular weight excluding hydrogens is 353 g/mol. The third-order valence-corrected chi connectivity index (χ3v) is 4.08. The highest BCUT2D eigenvalue weighted by Crippen LogP contribution is 2.28. The van der Waals surface area contributed by atoms with E-state index in [4.69, 9.17) is 10.5 Å². The molecule has 0 aliphatic rings. The van der Waals surface area contributed by atoms with E-state index < -0.39 is 34.3 Å². The smallest absolute Gasteiger partial charge is 0.181 e. The Morgan fingerprint density at radius 1 is 0.741 bits per heavy atom. The molecule has 0 spiro atoms. The van der Waals surface area contributed by atoms with Crippen LogP contribution in [0.5, 0.6) is 0 Å². The summed E-state index contributed by atoms with van der Waals surface area (Å²) in [6.07, 6.45) is 0. The van der Waals surface area contributed by atoms with Crippen molar-refractivity contribution in [3.8, 4) is 12.1 Å². The fourth-order valence-electron chi connectivity index (χ4n) is 2.79. The average molecular weight is 366 g/mol. The first-order chi connectivity index (χ1) is 13.1. The lowest BCUT2D eigenvalue weighted by Crippen LogP contribution is -2.17. The molecule has 4 nitrogen and oxygen atoms in total. The molecule has 0 aliphatic carbocycles. The molecule has 7 heteroatoms. The Labute approximate surface area is 153 Å². The van der Waals surface area contributed by atoms with Crippen LogP contribution in [0.25, 0.3) is 10.8 Å². The number of hydrogen-bond donors (Lipinski definition) is 2. The fourth-order valence-corrected chi connectivity index (χ4v) is 2.79. The summed E-state index contributed by atoms with van der Waals surface area (Å²) in [7, 11) is 0. The lowest BCUT2D eigenvalue weighted by atomic mass is 10.1. The van der Waals surface area contributed by atoms with Crippen molar-refractivity contribution in [3.05, 3.63) is 71.0 Å². The van der Waals surface area contributed by atoms with Crippen molar-refractivity contribution in [2.75, 3.05) is 23.7 Å². The summed E-state index contributed by atoms with van der Waals surface area (Å²) in [5.74, 6) is -4.48. The SMILES string of the molecule is N#Cc1c(F)c(F)c(C#N)c(NCCNc2cccc3ccccc23)c1F. The normalized spacial score (nSPS) is 10.3. The van der Waals surface area contributed by atoms with Gasteiger partial charge >= 0.3 is 0 Å². The Morgan fingerprint density at radius 2 is 1.37 bits per heavy atom. The van der Waals surface area contributed by atoms with E-state index in [1.807, 2.05) is 42.5 Å². The molecule has 0 aromatic heterocycles. The number of nitriles is 2. The lowest BCUT2D eigenvalue weighted by Gasteiger charge is -2.14. The van der Waals surface area contributed by atoms with Gasteiger partial charge in [0.2, 0.25) is 0 Å². The highest BCUT2D eigenvalue weighted by molar-refractivity contribution is 5.93. The zero-order chi connectivity index (χ0) is 19.4. The molecule has 134 valence electrons. The van der Waals surface area contributed by atoms with Gasteiger partial charge in [0.05, 0.1) is 5.69 Å². The summed E-state index contributed by atoms with van der Waals surface area (Å²) in [5.41, 5.74) is -1.52. The van der Waals surface area contributed by atoms with Crippen molar-refractivity contribution in [2.24, 2.45) is 0 Å². The van der Waals surface area contributed by atoms with E-state index in [1.165, 1.54) is 12.1 Å². The first-order valence-corrected chi connectivity index (χ1v) is 8.04. The molecule has 0 aliphatic heterocycles. The number of benzene rings is 3. The summed E-state index contributed by atoms with van der Waals surface area (Å²) >= 11 is 0. The van der Waals surface area contributed by atoms with Gasteiger partial charge in [-0.25, -0.2) is 13.2 Å². The van der Waals surface area contributed by atoms with Crippen LogP contribution < -0.4 is 10.6 Å². The predicted molar refractivity (Wildman–Crippen MR) is 96.7 cm³/mol. The quantitative estimate of drug-likeness (QED) is 0.514. The number of rotatable bonds is 5. The maximum absolute atomic E-state index is 14.3. The van der Waals surface area contributed by atoms with Crippen LogP contribution in [0.4, 0.5) is 24.5 Å². The summed E-state index contributed by atoms with van der Waals surface area (Å²) in [6.45, 7) is 0.434. The van der Waals surface area contributed by atoms with E-state index in [1.54, 1.807) is 0 Å². The van der Waals surface area contributed by atoms with Crippen molar-refractivity contribution in [2.45, 2.75) is 0 Å². The average Bonchev–Trinajstić information content (AvgIpc) is 2.69. The van der Waals surface area contributed by atoms with Gasteiger partial charge < -0.3 is 10.6 Å². The van der Waals surface area contributed by atoms with Crippen LogP contribution in [-0.4, -0.2) is 13.1 Å². The van der Waals surface area contributed by atoms with Gasteiger partial charge in [0.25, 0.3) is 0 Å². The second kappa shape index (κ2) is 7.67. The lowest BCUT2D eigenvalue weighted by molar-refractivity contribution is 0.490. The molecule has 3 aromatic rings. The Kier molecular flexibility index (Phi) is 5.14. The topological polar surface area (TPSA) is 71.6 Å². The van der Waals surface area contributed by atoms with Crippen LogP contribution in [-0.2, 0) is 0 Å². The number of hydrogen-bond acceptors (Lipinski definition) is 4. The van der Waals surface area contributed by atoms with Crippen LogP contribution >= 0.6 is 0 Å². The summed E-state index contributed by atoms with van der Waals surface area (Å²) in [6, 6.07) is 16.2. The van der Waals surface area contributed by atoms with E-state index in [2.05, 4.69) is 10.6 Å². The molecule has 27 heavy (non-hydrogen) atoms. The first kappa shape index (κ1) is 18.1. The monoisotopic (exact) mass is 366 g/mol. The molecule has 3 rings (SSSR count). The maximum atomic E-state index is 14.3. The summed E-state index contributed by atoms with van der Waals surface area (Å²) in [5, 5.41) is 25.6. The van der Waals surface area contributed by atoms with Crippen LogP contribution in [0.2, 0.25) is 0 Å². The third kappa shape index (κ3) is 3.36. The third-order valence-electron chi connectivity index (χ3n) is 4.08. The van der Waals surface area contributed by atoms with Gasteiger partial charge in [-0.05, 0) is 11.5 Å². The molecule has 0 fully saturated rings.